The molecule has 0 aliphatic carbocycles. The molecular weight excluding hydrogens is 2100 g/mol. The summed E-state index contributed by atoms with van der Waals surface area (Å²) in [5.74, 6) is 1.02. The van der Waals surface area contributed by atoms with Crippen LogP contribution in [0.25, 0.3) is 0 Å². The van der Waals surface area contributed by atoms with Crippen LogP contribution in [-0.2, 0) is 53.5 Å². The van der Waals surface area contributed by atoms with E-state index in [1.807, 2.05) is 110 Å². The lowest BCUT2D eigenvalue weighted by molar-refractivity contribution is -0.122. The fourth-order valence-corrected chi connectivity index (χ4v) is 10.9. The van der Waals surface area contributed by atoms with Crippen LogP contribution in [0.3, 0.4) is 0 Å². The number of hydroxylamine groups is 6. The largest absolute Gasteiger partial charge is 0.483 e. The Balaban J connectivity index is 0.00000162. The zero-order valence-electron chi connectivity index (χ0n) is 79.0. The van der Waals surface area contributed by atoms with Crippen molar-refractivity contribution >= 4 is 228 Å². The molecule has 8 aromatic carbocycles. The molecule has 45 nitrogen and oxygen atoms in total. The number of aliphatic hydroxyl groups is 1. The molecule has 0 saturated heterocycles. The standard InChI is InChI=1S/2C13H19ClN4O.C12H17ClN4O3S.C11H15ClN4O3S.C11H13ClN4O.C10H13ClN4O2.C9H11ClN4.C8H8Cl2N4.CH2O2/c2*1-10(2)7-8-19-18-13(15)17-16-9-11-5-3-4-6-12(11)14;1-21(18,19)8-4-7-20-17-12(14)16-15-9-10-5-2-3-6-11(10)13;1-20(17,18)7-6-19-16-11(13)15-14-8-9-4-2-3-5-10(9)12;1-2-7-17-16-11(13)15-14-8-9-5-3-4-6-10(9)12;11-9-4-2-1-3-8(9)7-13-14-10(12)15-17-6-5-16;1-6-3-2-4-7(8(6)10)5-13-14-9(11)12;9-6-1-2-7(10)5(3-6)4-13-14-8(11)12;2-1-3/h2*3-6,9-10H,7-8H2,1-2H3,(H3,15,17,18);2-3,5-6,9H,4,7-8H2,1H3,(H3,14,16,17);2-5,8H,6-7H2,1H3,(H3,13,15,16);2-6,8H,1,7H2,(H3,13,15,16);1-4,7,16H,5-6H2,(H3,12,14,15);2-5H,1H3,(H4,11,12,14);1-4H,(H4,11,12,14);1H,(H,2,3)/b2*16-9+;15-9+;2*14-8+;13-7+;13-5+;13-4+;. The summed E-state index contributed by atoms with van der Waals surface area (Å²) in [6.45, 7) is 15.3. The van der Waals surface area contributed by atoms with Crippen molar-refractivity contribution in [2.75, 3.05) is 70.3 Å². The van der Waals surface area contributed by atoms with E-state index in [4.69, 9.17) is 206 Å². The highest BCUT2D eigenvalue weighted by Crippen LogP contribution is 2.22. The molecule has 0 amide bonds. The normalized spacial score (nSPS) is 11.8. The van der Waals surface area contributed by atoms with E-state index in [1.165, 1.54) is 56.0 Å². The third kappa shape index (κ3) is 73.8. The zero-order chi connectivity index (χ0) is 108. The number of benzene rings is 8. The second-order valence-electron chi connectivity index (χ2n) is 28.0. The molecule has 28 N–H and O–H groups in total. The fourth-order valence-electron chi connectivity index (χ4n) is 8.24. The minimum atomic E-state index is -3.07. The third-order valence-corrected chi connectivity index (χ3v) is 20.0. The van der Waals surface area contributed by atoms with E-state index in [0.29, 0.717) is 100.0 Å². The summed E-state index contributed by atoms with van der Waals surface area (Å²) in [5.41, 5.74) is 74.5. The summed E-state index contributed by atoms with van der Waals surface area (Å²) in [4.78, 5) is 37.9. The van der Waals surface area contributed by atoms with Gasteiger partial charge in [0.1, 0.15) is 19.7 Å². The van der Waals surface area contributed by atoms with Crippen molar-refractivity contribution in [1.29, 1.82) is 0 Å². The van der Waals surface area contributed by atoms with Crippen LogP contribution in [0.5, 0.6) is 0 Å². The molecule has 0 spiro atoms. The molecule has 8 rings (SSSR count). The predicted molar refractivity (Wildman–Crippen MR) is 587 cm³/mol. The number of carboxylic acid groups (broad SMARTS) is 1. The van der Waals surface area contributed by atoms with E-state index < -0.39 is 19.7 Å². The first-order valence-corrected chi connectivity index (χ1v) is 49.1. The van der Waals surface area contributed by atoms with E-state index in [1.54, 1.807) is 84.9 Å². The van der Waals surface area contributed by atoms with Crippen molar-refractivity contribution in [3.63, 3.8) is 0 Å². The Bertz CT molecular complexity index is 5750. The van der Waals surface area contributed by atoms with E-state index in [9.17, 15) is 16.8 Å². The highest BCUT2D eigenvalue weighted by atomic mass is 35.5. The van der Waals surface area contributed by atoms with E-state index in [0.717, 1.165) is 52.5 Å². The van der Waals surface area contributed by atoms with Gasteiger partial charge in [0.25, 0.3) is 6.47 Å². The van der Waals surface area contributed by atoms with Gasteiger partial charge in [-0.3, -0.25) is 33.8 Å². The quantitative estimate of drug-likeness (QED) is 0.00425. The van der Waals surface area contributed by atoms with Crippen molar-refractivity contribution in [3.8, 4) is 0 Å². The van der Waals surface area contributed by atoms with Crippen LogP contribution in [0.1, 0.15) is 97.0 Å². The maximum absolute atomic E-state index is 10.9. The minimum absolute atomic E-state index is 0.0123. The summed E-state index contributed by atoms with van der Waals surface area (Å²) in [6, 6.07) is 54.1. The topological polar surface area (TPSA) is 711 Å². The van der Waals surface area contributed by atoms with Gasteiger partial charge in [-0.15, -0.1) is 47.4 Å². The molecule has 0 fully saturated rings. The van der Waals surface area contributed by atoms with Gasteiger partial charge in [0.15, 0.2) is 0 Å². The highest BCUT2D eigenvalue weighted by molar-refractivity contribution is 7.90. The maximum atomic E-state index is 10.9. The van der Waals surface area contributed by atoms with E-state index in [-0.39, 0.29) is 92.1 Å². The Morgan fingerprint density at radius 2 is 0.611 bits per heavy atom. The van der Waals surface area contributed by atoms with Gasteiger partial charge in [-0.1, -0.05) is 266 Å². The van der Waals surface area contributed by atoms with Crippen LogP contribution >= 0.6 is 104 Å². The van der Waals surface area contributed by atoms with Gasteiger partial charge in [-0.2, -0.15) is 40.8 Å². The Morgan fingerprint density at radius 1 is 0.354 bits per heavy atom. The summed E-state index contributed by atoms with van der Waals surface area (Å²) >= 11 is 53.2. The summed E-state index contributed by atoms with van der Waals surface area (Å²) < 4.78 is 43.4. The number of hydrogen-bond acceptors (Lipinski definition) is 28. The highest BCUT2D eigenvalue weighted by Gasteiger charge is 2.08. The molecule has 56 heteroatoms. The van der Waals surface area contributed by atoms with Crippen molar-refractivity contribution in [2.45, 2.75) is 53.9 Å². The number of halogens is 9. The molecule has 0 radical (unpaired) electrons. The Kier molecular flexibility index (Phi) is 73.7. The smallest absolute Gasteiger partial charge is 0.290 e. The molecule has 0 aliphatic rings. The summed E-state index contributed by atoms with van der Waals surface area (Å²) in [5, 5.41) is 79.5. The fraction of sp³-hybridized carbons (Fsp3) is 0.239. The molecule has 782 valence electrons. The molecule has 0 atom stereocenters. The Morgan fingerprint density at radius 3 is 0.896 bits per heavy atom. The second kappa shape index (κ2) is 81.2. The first-order valence-electron chi connectivity index (χ1n) is 41.6. The average molecular weight is 2210 g/mol. The lowest BCUT2D eigenvalue weighted by atomic mass is 10.1. The van der Waals surface area contributed by atoms with Crippen LogP contribution < -0.4 is 90.2 Å². The number of aliphatic hydroxyl groups excluding tert-OH is 1. The average Bonchev–Trinajstić information content (AvgIpc) is 0.873. The number of guanidine groups is 8. The first kappa shape index (κ1) is 131. The number of rotatable bonds is 39. The number of carbonyl (C=O) groups is 1. The maximum Gasteiger partial charge on any atom is 0.290 e. The second-order valence-corrected chi connectivity index (χ2v) is 36.1. The Hall–Kier alpha value is -13.3. The number of nitrogens with one attached hydrogen (secondary N) is 6. The lowest BCUT2D eigenvalue weighted by Crippen LogP contribution is -2.32. The summed E-state index contributed by atoms with van der Waals surface area (Å²) in [6.07, 6.45) is 18.0. The van der Waals surface area contributed by atoms with Crippen molar-refractivity contribution in [2.24, 2.45) is 151 Å². The van der Waals surface area contributed by atoms with Gasteiger partial charge in [-0.05, 0) is 98.2 Å². The number of aryl methyl sites for hydroxylation is 1. The van der Waals surface area contributed by atoms with E-state index >= 15 is 0 Å². The minimum Gasteiger partial charge on any atom is -0.483 e. The van der Waals surface area contributed by atoms with Crippen molar-refractivity contribution in [3.05, 3.63) is 290 Å². The van der Waals surface area contributed by atoms with Gasteiger partial charge in [0.2, 0.25) is 47.7 Å². The summed E-state index contributed by atoms with van der Waals surface area (Å²) in [7, 11) is -6.05. The Labute approximate surface area is 880 Å². The van der Waals surface area contributed by atoms with Gasteiger partial charge >= 0.3 is 0 Å². The SMILES string of the molecule is C=CCONC(N)=N/N=C/c1ccccc1Cl.CC(C)CCONC(N)=N/N=C/c1ccccc1Cl.CC(C)CCONC(N)=N/N=C/c1ccccc1Cl.CS(=O)(=O)CCCONC(N)=N/N=C/c1ccccc1Cl.CS(=O)(=O)CCONC(N)=N/N=C/c1ccccc1Cl.Cc1cccc(/C=N/N=C(N)N)c1Cl.NC(=N/N=C/c1ccccc1Cl)NOCCO.NC(N)=N/N=C/c1cc(Cl)ccc1Cl.O=CO. The lowest BCUT2D eigenvalue weighted by Gasteiger charge is -2.06. The monoisotopic (exact) mass is 2210 g/mol. The number of nitrogens with zero attached hydrogens (tertiary/aromatic N) is 16. The molecule has 0 saturated carbocycles. The van der Waals surface area contributed by atoms with Gasteiger partial charge in [0, 0.05) is 97.2 Å². The van der Waals surface area contributed by atoms with Crippen LogP contribution in [0.15, 0.2) is 276 Å². The third-order valence-electron chi connectivity index (χ3n) is 14.9. The van der Waals surface area contributed by atoms with E-state index in [2.05, 4.69) is 149 Å². The number of hydrogen-bond donors (Lipinski definition) is 18. The van der Waals surface area contributed by atoms with Gasteiger partial charge < -0.3 is 67.5 Å². The molecule has 0 aliphatic heterocycles. The zero-order valence-corrected chi connectivity index (χ0v) is 87.4. The molecule has 144 heavy (non-hydrogen) atoms. The first-order chi connectivity index (χ1) is 68.5. The van der Waals surface area contributed by atoms with Gasteiger partial charge in [0.05, 0.1) is 112 Å². The van der Waals surface area contributed by atoms with Crippen LogP contribution in [0.4, 0.5) is 0 Å². The molecule has 0 heterocycles. The molecule has 0 unspecified atom stereocenters. The van der Waals surface area contributed by atoms with Crippen molar-refractivity contribution < 1.29 is 60.9 Å². The van der Waals surface area contributed by atoms with Crippen molar-refractivity contribution in [1.82, 2.24) is 32.9 Å². The molecule has 8 aromatic rings. The molecule has 0 aromatic heterocycles. The van der Waals surface area contributed by atoms with Crippen LogP contribution in [-0.4, -0.2) is 201 Å². The van der Waals surface area contributed by atoms with Crippen LogP contribution in [0.2, 0.25) is 45.2 Å². The molecule has 0 bridgehead atoms. The number of sulfone groups is 2. The number of nitrogens with two attached hydrogens (primary N) is 10. The van der Waals surface area contributed by atoms with Crippen LogP contribution in [0, 0.1) is 18.8 Å². The molecular formula is C88H117Cl9N32O13S2. The predicted octanol–water partition coefficient (Wildman–Crippen LogP) is 11.4. The van der Waals surface area contributed by atoms with Gasteiger partial charge in [-0.25, -0.2) is 49.7 Å².